The Balaban J connectivity index is 1.05. The fraction of sp³-hybridized carbons (Fsp3) is 0. The maximum Gasteiger partial charge on any atom is 0.136 e. The van der Waals surface area contributed by atoms with Crippen LogP contribution in [0.1, 0.15) is 0 Å². The Morgan fingerprint density at radius 3 is 1.49 bits per heavy atom. The van der Waals surface area contributed by atoms with Crippen LogP contribution in [-0.4, -0.2) is 0 Å². The summed E-state index contributed by atoms with van der Waals surface area (Å²) in [4.78, 5) is 2.33. The highest BCUT2D eigenvalue weighted by atomic mass is 32.1. The number of hydrogen-bond acceptors (Lipinski definition) is 3. The van der Waals surface area contributed by atoms with Gasteiger partial charge in [-0.3, -0.25) is 0 Å². The van der Waals surface area contributed by atoms with Crippen LogP contribution in [0.25, 0.3) is 75.5 Å². The number of thiophene rings is 1. The van der Waals surface area contributed by atoms with Crippen molar-refractivity contribution < 1.29 is 4.42 Å². The van der Waals surface area contributed by atoms with Crippen molar-refractivity contribution in [1.82, 2.24) is 0 Å². The van der Waals surface area contributed by atoms with E-state index < -0.39 is 0 Å². The lowest BCUT2D eigenvalue weighted by molar-refractivity contribution is 0.669. The molecule has 0 saturated heterocycles. The summed E-state index contributed by atoms with van der Waals surface area (Å²) in [7, 11) is 0. The molecule has 10 rings (SSSR count). The molecule has 3 heteroatoms. The molecule has 240 valence electrons. The van der Waals surface area contributed by atoms with E-state index in [9.17, 15) is 0 Å². The second kappa shape index (κ2) is 12.2. The molecule has 0 saturated carbocycles. The van der Waals surface area contributed by atoms with Gasteiger partial charge >= 0.3 is 0 Å². The molecule has 0 aliphatic heterocycles. The number of hydrogen-bond donors (Lipinski definition) is 0. The first-order valence-corrected chi connectivity index (χ1v) is 18.1. The highest BCUT2D eigenvalue weighted by Gasteiger charge is 2.17. The van der Waals surface area contributed by atoms with Crippen molar-refractivity contribution in [2.75, 3.05) is 4.90 Å². The van der Waals surface area contributed by atoms with E-state index in [4.69, 9.17) is 4.42 Å². The smallest absolute Gasteiger partial charge is 0.136 e. The van der Waals surface area contributed by atoms with Crippen molar-refractivity contribution in [3.8, 4) is 33.4 Å². The molecule has 0 fully saturated rings. The summed E-state index contributed by atoms with van der Waals surface area (Å²) in [5, 5.41) is 4.84. The van der Waals surface area contributed by atoms with Crippen LogP contribution in [-0.2, 0) is 0 Å². The fourth-order valence-corrected chi connectivity index (χ4v) is 8.45. The quantitative estimate of drug-likeness (QED) is 0.175. The molecule has 2 nitrogen and oxygen atoms in total. The van der Waals surface area contributed by atoms with Gasteiger partial charge in [0.25, 0.3) is 0 Å². The molecule has 0 spiro atoms. The largest absolute Gasteiger partial charge is 0.456 e. The maximum atomic E-state index is 6.51. The summed E-state index contributed by atoms with van der Waals surface area (Å²) in [6, 6.07) is 67.3. The Bertz CT molecular complexity index is 2750. The average molecular weight is 670 g/mol. The maximum absolute atomic E-state index is 6.51. The van der Waals surface area contributed by atoms with E-state index in [-0.39, 0.29) is 0 Å². The third kappa shape index (κ3) is 5.27. The second-order valence-corrected chi connectivity index (χ2v) is 14.0. The van der Waals surface area contributed by atoms with Crippen LogP contribution in [0, 0.1) is 0 Å². The van der Waals surface area contributed by atoms with E-state index in [1.165, 1.54) is 48.0 Å². The van der Waals surface area contributed by atoms with Crippen molar-refractivity contribution in [3.63, 3.8) is 0 Å². The molecule has 0 aliphatic carbocycles. The Morgan fingerprint density at radius 2 is 0.824 bits per heavy atom. The summed E-state index contributed by atoms with van der Waals surface area (Å²) in [5.41, 5.74) is 12.2. The molecular weight excluding hydrogens is 639 g/mol. The molecular formula is C48H31NOS. The second-order valence-electron chi connectivity index (χ2n) is 13.0. The lowest BCUT2D eigenvalue weighted by atomic mass is 10.0. The number of benzene rings is 8. The highest BCUT2D eigenvalue weighted by molar-refractivity contribution is 7.25. The van der Waals surface area contributed by atoms with Gasteiger partial charge in [-0.2, -0.15) is 0 Å². The first-order chi connectivity index (χ1) is 25.2. The van der Waals surface area contributed by atoms with Crippen LogP contribution in [0.4, 0.5) is 17.1 Å². The number of anilines is 3. The van der Waals surface area contributed by atoms with Crippen molar-refractivity contribution >= 4 is 70.5 Å². The molecule has 0 N–H and O–H groups in total. The minimum atomic E-state index is 0.879. The van der Waals surface area contributed by atoms with E-state index >= 15 is 0 Å². The van der Waals surface area contributed by atoms with Crippen LogP contribution < -0.4 is 4.90 Å². The van der Waals surface area contributed by atoms with E-state index in [1.54, 1.807) is 0 Å². The van der Waals surface area contributed by atoms with E-state index in [0.29, 0.717) is 0 Å². The summed E-state index contributed by atoms with van der Waals surface area (Å²) >= 11 is 1.85. The van der Waals surface area contributed by atoms with Gasteiger partial charge in [0.15, 0.2) is 0 Å². The molecule has 51 heavy (non-hydrogen) atoms. The molecule has 10 aromatic rings. The van der Waals surface area contributed by atoms with Gasteiger partial charge < -0.3 is 9.32 Å². The number of nitrogens with zero attached hydrogens (tertiary/aromatic N) is 1. The molecule has 0 unspecified atom stereocenters. The summed E-state index contributed by atoms with van der Waals surface area (Å²) < 4.78 is 9.13. The molecule has 0 radical (unpaired) electrons. The van der Waals surface area contributed by atoms with Gasteiger partial charge in [0.2, 0.25) is 0 Å². The fourth-order valence-electron chi connectivity index (χ4n) is 7.30. The number of furan rings is 1. The zero-order chi connectivity index (χ0) is 33.7. The third-order valence-electron chi connectivity index (χ3n) is 9.89. The Labute approximate surface area is 300 Å². The van der Waals surface area contributed by atoms with Crippen LogP contribution in [0.2, 0.25) is 0 Å². The van der Waals surface area contributed by atoms with Crippen molar-refractivity contribution in [2.24, 2.45) is 0 Å². The highest BCUT2D eigenvalue weighted by Crippen LogP contribution is 2.41. The predicted molar refractivity (Wildman–Crippen MR) is 218 cm³/mol. The Kier molecular flexibility index (Phi) is 7.04. The lowest BCUT2D eigenvalue weighted by Gasteiger charge is -2.26. The average Bonchev–Trinajstić information content (AvgIpc) is 3.76. The van der Waals surface area contributed by atoms with Gasteiger partial charge in [0.05, 0.1) is 0 Å². The molecule has 0 aliphatic rings. The van der Waals surface area contributed by atoms with Crippen molar-refractivity contribution in [1.29, 1.82) is 0 Å². The predicted octanol–water partition coefficient (Wildman–Crippen LogP) is 14.4. The molecule has 2 heterocycles. The lowest BCUT2D eigenvalue weighted by Crippen LogP contribution is -2.09. The minimum Gasteiger partial charge on any atom is -0.456 e. The van der Waals surface area contributed by atoms with Crippen LogP contribution in [0.15, 0.2) is 192 Å². The monoisotopic (exact) mass is 669 g/mol. The Morgan fingerprint density at radius 1 is 0.314 bits per heavy atom. The van der Waals surface area contributed by atoms with Gasteiger partial charge in [-0.1, -0.05) is 121 Å². The topological polar surface area (TPSA) is 16.4 Å². The van der Waals surface area contributed by atoms with Gasteiger partial charge in [0, 0.05) is 48.0 Å². The SMILES string of the molecule is c1ccc(-c2ccc(N(c3ccc(-c4ccccc4)cc3)c3ccc4oc5cc(-c6ccc7c(c6)sc6ccccc67)ccc5c4c3)cc2)cc1. The number of fused-ring (bicyclic) bond motifs is 6. The zero-order valence-corrected chi connectivity index (χ0v) is 28.5. The summed E-state index contributed by atoms with van der Waals surface area (Å²) in [6.07, 6.45) is 0. The third-order valence-corrected chi connectivity index (χ3v) is 11.0. The van der Waals surface area contributed by atoms with Gasteiger partial charge in [0.1, 0.15) is 11.2 Å². The van der Waals surface area contributed by atoms with Gasteiger partial charge in [-0.25, -0.2) is 0 Å². The number of rotatable bonds is 6. The van der Waals surface area contributed by atoms with Gasteiger partial charge in [-0.15, -0.1) is 11.3 Å². The van der Waals surface area contributed by atoms with E-state index in [2.05, 4.69) is 193 Å². The van der Waals surface area contributed by atoms with Crippen molar-refractivity contribution in [3.05, 3.63) is 188 Å². The molecule has 0 atom stereocenters. The molecule has 8 aromatic carbocycles. The molecule has 0 amide bonds. The van der Waals surface area contributed by atoms with Crippen LogP contribution >= 0.6 is 11.3 Å². The first-order valence-electron chi connectivity index (χ1n) is 17.2. The van der Waals surface area contributed by atoms with Crippen LogP contribution in [0.5, 0.6) is 0 Å². The van der Waals surface area contributed by atoms with Crippen molar-refractivity contribution in [2.45, 2.75) is 0 Å². The standard InChI is InChI=1S/C48H31NOS/c1-3-9-32(10-4-1)34-15-21-38(22-16-34)49(39-23-17-35(18-24-39)33-11-5-2-6-12-33)40-25-28-45-44(31-40)41-26-19-36(29-46(41)50-45)37-20-27-43-42-13-7-8-14-47(42)51-48(43)30-37/h1-31H. The molecule has 2 aromatic heterocycles. The minimum absolute atomic E-state index is 0.879. The van der Waals surface area contributed by atoms with Crippen LogP contribution in [0.3, 0.4) is 0 Å². The normalized spacial score (nSPS) is 11.5. The summed E-state index contributed by atoms with van der Waals surface area (Å²) in [5.74, 6) is 0. The zero-order valence-electron chi connectivity index (χ0n) is 27.7. The summed E-state index contributed by atoms with van der Waals surface area (Å²) in [6.45, 7) is 0. The van der Waals surface area contributed by atoms with Gasteiger partial charge in [-0.05, 0) is 100 Å². The molecule has 0 bridgehead atoms. The van der Waals surface area contributed by atoms with E-state index in [1.807, 2.05) is 11.3 Å². The van der Waals surface area contributed by atoms with E-state index in [0.717, 1.165) is 44.6 Å². The Hall–Kier alpha value is -6.42. The first kappa shape index (κ1) is 29.5.